The molecule has 3 N–H and O–H groups in total. The average Bonchev–Trinajstić information content (AvgIpc) is 2.93. The van der Waals surface area contributed by atoms with Gasteiger partial charge in [-0.05, 0) is 30.5 Å². The van der Waals surface area contributed by atoms with E-state index in [4.69, 9.17) is 4.74 Å². The zero-order valence-corrected chi connectivity index (χ0v) is 13.7. The lowest BCUT2D eigenvalue weighted by atomic mass is 9.86. The molecule has 2 rings (SSSR count). The molecule has 2 unspecified atom stereocenters. The number of urea groups is 1. The van der Waals surface area contributed by atoms with Crippen LogP contribution >= 0.6 is 0 Å². The number of halogens is 2. The first-order valence-electron chi connectivity index (χ1n) is 8.08. The fourth-order valence-electron chi connectivity index (χ4n) is 2.96. The molecular formula is C17H24F2N2O3. The van der Waals surface area contributed by atoms with Gasteiger partial charge in [0.05, 0.1) is 6.61 Å². The molecule has 5 nitrogen and oxygen atoms in total. The molecule has 0 spiro atoms. The maximum atomic E-state index is 12.2. The third kappa shape index (κ3) is 5.06. The molecule has 0 heterocycles. The van der Waals surface area contributed by atoms with Crippen LogP contribution in [0, 0.1) is 5.41 Å². The number of nitrogens with one attached hydrogen (secondary N) is 2. The van der Waals surface area contributed by atoms with E-state index in [2.05, 4.69) is 10.6 Å². The average molecular weight is 342 g/mol. The highest BCUT2D eigenvalue weighted by Gasteiger charge is 2.39. The molecular weight excluding hydrogens is 318 g/mol. The molecule has 1 fully saturated rings. The normalized spacial score (nSPS) is 23.3. The van der Waals surface area contributed by atoms with Crippen LogP contribution < -0.4 is 15.4 Å². The zero-order valence-electron chi connectivity index (χ0n) is 13.7. The molecule has 0 aromatic heterocycles. The Kier molecular flexibility index (Phi) is 6.36. The molecule has 134 valence electrons. The fraction of sp³-hybridized carbons (Fsp3) is 0.588. The molecule has 0 bridgehead atoms. The number of aliphatic hydroxyl groups is 1. The van der Waals surface area contributed by atoms with Crippen molar-refractivity contribution in [3.8, 4) is 5.75 Å². The monoisotopic (exact) mass is 342 g/mol. The van der Waals surface area contributed by atoms with Crippen LogP contribution in [0.15, 0.2) is 24.3 Å². The van der Waals surface area contributed by atoms with E-state index in [1.165, 1.54) is 0 Å². The first-order chi connectivity index (χ1) is 11.4. The predicted molar refractivity (Wildman–Crippen MR) is 86.1 cm³/mol. The van der Waals surface area contributed by atoms with Crippen LogP contribution in [0.1, 0.15) is 31.7 Å². The van der Waals surface area contributed by atoms with Gasteiger partial charge in [0.1, 0.15) is 12.4 Å². The molecule has 7 heteroatoms. The number of carbonyl (C=O) groups is 1. The molecule has 2 atom stereocenters. The van der Waals surface area contributed by atoms with Gasteiger partial charge in [-0.2, -0.15) is 0 Å². The van der Waals surface area contributed by atoms with Crippen LogP contribution in [0.2, 0.25) is 0 Å². The Labute approximate surface area is 140 Å². The first kappa shape index (κ1) is 18.4. The Bertz CT molecular complexity index is 556. The molecule has 24 heavy (non-hydrogen) atoms. The molecule has 0 saturated heterocycles. The van der Waals surface area contributed by atoms with Crippen molar-refractivity contribution in [3.05, 3.63) is 29.8 Å². The molecule has 1 aromatic rings. The number of hydrogen-bond donors (Lipinski definition) is 3. The molecule has 2 amide bonds. The summed E-state index contributed by atoms with van der Waals surface area (Å²) in [7, 11) is 0. The van der Waals surface area contributed by atoms with E-state index in [-0.39, 0.29) is 30.6 Å². The van der Waals surface area contributed by atoms with Crippen LogP contribution in [0.25, 0.3) is 0 Å². The van der Waals surface area contributed by atoms with Gasteiger partial charge in [-0.1, -0.05) is 25.5 Å². The van der Waals surface area contributed by atoms with E-state index in [9.17, 15) is 18.7 Å². The van der Waals surface area contributed by atoms with Gasteiger partial charge in [-0.3, -0.25) is 0 Å². The summed E-state index contributed by atoms with van der Waals surface area (Å²) >= 11 is 0. The lowest BCUT2D eigenvalue weighted by molar-refractivity contribution is 0.0818. The molecule has 1 aliphatic carbocycles. The van der Waals surface area contributed by atoms with Gasteiger partial charge in [0.25, 0.3) is 6.43 Å². The first-order valence-corrected chi connectivity index (χ1v) is 8.08. The largest absolute Gasteiger partial charge is 0.488 e. The third-order valence-corrected chi connectivity index (χ3v) is 4.48. The van der Waals surface area contributed by atoms with E-state index in [1.807, 2.05) is 6.92 Å². The summed E-state index contributed by atoms with van der Waals surface area (Å²) in [6.07, 6.45) is 0.190. The Morgan fingerprint density at radius 3 is 3.00 bits per heavy atom. The highest BCUT2D eigenvalue weighted by molar-refractivity contribution is 5.74. The summed E-state index contributed by atoms with van der Waals surface area (Å²) in [4.78, 5) is 12.0. The van der Waals surface area contributed by atoms with Gasteiger partial charge in [-0.15, -0.1) is 0 Å². The van der Waals surface area contributed by atoms with Crippen LogP contribution in [-0.4, -0.2) is 36.8 Å². The summed E-state index contributed by atoms with van der Waals surface area (Å²) < 4.78 is 29.3. The van der Waals surface area contributed by atoms with E-state index in [0.29, 0.717) is 5.75 Å². The van der Waals surface area contributed by atoms with Gasteiger partial charge in [-0.25, -0.2) is 13.6 Å². The van der Waals surface area contributed by atoms with Crippen LogP contribution in [-0.2, 0) is 6.54 Å². The van der Waals surface area contributed by atoms with Gasteiger partial charge >= 0.3 is 6.03 Å². The highest BCUT2D eigenvalue weighted by Crippen LogP contribution is 2.37. The molecule has 0 radical (unpaired) electrons. The Morgan fingerprint density at radius 1 is 1.50 bits per heavy atom. The summed E-state index contributed by atoms with van der Waals surface area (Å²) in [5, 5.41) is 15.1. The van der Waals surface area contributed by atoms with Crippen molar-refractivity contribution in [1.82, 2.24) is 10.6 Å². The minimum absolute atomic E-state index is 0.0431. The summed E-state index contributed by atoms with van der Waals surface area (Å²) in [6.45, 7) is 1.62. The van der Waals surface area contributed by atoms with Crippen molar-refractivity contribution < 1.29 is 23.4 Å². The minimum Gasteiger partial charge on any atom is -0.488 e. The maximum Gasteiger partial charge on any atom is 0.315 e. The highest BCUT2D eigenvalue weighted by atomic mass is 19.3. The van der Waals surface area contributed by atoms with Gasteiger partial charge < -0.3 is 20.5 Å². The SMILES string of the molecule is CC1(CO)CCCC1NC(=O)NCc1cccc(OCC(F)F)c1. The Morgan fingerprint density at radius 2 is 2.29 bits per heavy atom. The second-order valence-corrected chi connectivity index (χ2v) is 6.43. The molecule has 1 aromatic carbocycles. The molecule has 0 aliphatic heterocycles. The van der Waals surface area contributed by atoms with Gasteiger partial charge in [0.15, 0.2) is 0 Å². The number of amides is 2. The standard InChI is InChI=1S/C17H24F2N2O3/c1-17(11-22)7-3-6-14(17)21-16(23)20-9-12-4-2-5-13(8-12)24-10-15(18)19/h2,4-5,8,14-15,22H,3,6-7,9-11H2,1H3,(H2,20,21,23). The Balaban J connectivity index is 1.82. The van der Waals surface area contributed by atoms with Gasteiger partial charge in [0.2, 0.25) is 0 Å². The Hall–Kier alpha value is -1.89. The number of rotatable bonds is 7. The lowest BCUT2D eigenvalue weighted by Gasteiger charge is -2.30. The van der Waals surface area contributed by atoms with Gasteiger partial charge in [0, 0.05) is 18.0 Å². The summed E-state index contributed by atoms with van der Waals surface area (Å²) in [6, 6.07) is 6.33. The predicted octanol–water partition coefficient (Wildman–Crippen LogP) is 2.68. The van der Waals surface area contributed by atoms with E-state index >= 15 is 0 Å². The number of carbonyl (C=O) groups excluding carboxylic acids is 1. The summed E-state index contributed by atoms with van der Waals surface area (Å²) in [5.74, 6) is 0.346. The van der Waals surface area contributed by atoms with Crippen molar-refractivity contribution in [3.63, 3.8) is 0 Å². The third-order valence-electron chi connectivity index (χ3n) is 4.48. The van der Waals surface area contributed by atoms with Crippen LogP contribution in [0.4, 0.5) is 13.6 Å². The van der Waals surface area contributed by atoms with Crippen molar-refractivity contribution in [2.75, 3.05) is 13.2 Å². The second kappa shape index (κ2) is 8.28. The second-order valence-electron chi connectivity index (χ2n) is 6.43. The number of alkyl halides is 2. The van der Waals surface area contributed by atoms with Crippen molar-refractivity contribution in [2.45, 2.75) is 45.2 Å². The number of benzene rings is 1. The number of hydrogen-bond acceptors (Lipinski definition) is 3. The van der Waals surface area contributed by atoms with Crippen molar-refractivity contribution in [2.24, 2.45) is 5.41 Å². The van der Waals surface area contributed by atoms with Crippen LogP contribution in [0.3, 0.4) is 0 Å². The topological polar surface area (TPSA) is 70.6 Å². The number of ether oxygens (including phenoxy) is 1. The van der Waals surface area contributed by atoms with Crippen molar-refractivity contribution in [1.29, 1.82) is 0 Å². The van der Waals surface area contributed by atoms with E-state index in [1.54, 1.807) is 24.3 Å². The van der Waals surface area contributed by atoms with E-state index in [0.717, 1.165) is 24.8 Å². The number of aliphatic hydroxyl groups excluding tert-OH is 1. The summed E-state index contributed by atoms with van der Waals surface area (Å²) in [5.41, 5.74) is 0.480. The van der Waals surface area contributed by atoms with E-state index < -0.39 is 13.0 Å². The minimum atomic E-state index is -2.52. The van der Waals surface area contributed by atoms with Crippen molar-refractivity contribution >= 4 is 6.03 Å². The maximum absolute atomic E-state index is 12.2. The molecule has 1 aliphatic rings. The smallest absolute Gasteiger partial charge is 0.315 e. The molecule has 1 saturated carbocycles. The quantitative estimate of drug-likeness (QED) is 0.713. The van der Waals surface area contributed by atoms with Crippen LogP contribution in [0.5, 0.6) is 5.75 Å². The zero-order chi connectivity index (χ0) is 17.6. The lowest BCUT2D eigenvalue weighted by Crippen LogP contribution is -2.48. The fourth-order valence-corrected chi connectivity index (χ4v) is 2.96.